The Balaban J connectivity index is 1.43. The number of hydrogen-bond acceptors (Lipinski definition) is 3. The lowest BCUT2D eigenvalue weighted by Crippen LogP contribution is -1.89. The van der Waals surface area contributed by atoms with Crippen LogP contribution in [-0.2, 0) is 6.42 Å². The smallest absolute Gasteiger partial charge is 0.119 e. The maximum Gasteiger partial charge on any atom is 0.119 e. The summed E-state index contributed by atoms with van der Waals surface area (Å²) in [6.07, 6.45) is 2.28. The summed E-state index contributed by atoms with van der Waals surface area (Å²) in [5.41, 5.74) is 4.93. The van der Waals surface area contributed by atoms with Gasteiger partial charge >= 0.3 is 0 Å². The van der Waals surface area contributed by atoms with Crippen molar-refractivity contribution < 1.29 is 4.74 Å². The molecule has 0 saturated heterocycles. The van der Waals surface area contributed by atoms with Crippen molar-refractivity contribution in [3.8, 4) is 17.6 Å². The molecule has 158 valence electrons. The Bertz CT molecular complexity index is 1280. The fraction of sp³-hybridized carbons (Fsp3) is 0.172. The standard InChI is InChI=1S/C29H26N2O/c1-3-5-23-8-12-26-21-24(9-13-25(26)20-23)7-6-22-10-14-27(15-11-22)30-31-28-16-18-29(19-17-28)32-4-2/h8-21H,3-5H2,1-2H3. The third kappa shape index (κ3) is 5.62. The Morgan fingerprint density at radius 3 is 1.94 bits per heavy atom. The molecule has 3 heteroatoms. The molecule has 0 aliphatic rings. The Labute approximate surface area is 189 Å². The largest absolute Gasteiger partial charge is 0.494 e. The Kier molecular flexibility index (Phi) is 6.94. The molecule has 0 aliphatic carbocycles. The summed E-state index contributed by atoms with van der Waals surface area (Å²) in [6, 6.07) is 28.4. The minimum Gasteiger partial charge on any atom is -0.494 e. The van der Waals surface area contributed by atoms with Gasteiger partial charge in [-0.25, -0.2) is 0 Å². The second kappa shape index (κ2) is 10.4. The number of hydrogen-bond donors (Lipinski definition) is 0. The first-order chi connectivity index (χ1) is 15.7. The molecular weight excluding hydrogens is 392 g/mol. The first kappa shape index (κ1) is 21.3. The summed E-state index contributed by atoms with van der Waals surface area (Å²) in [5.74, 6) is 7.35. The molecule has 0 fully saturated rings. The summed E-state index contributed by atoms with van der Waals surface area (Å²) in [6.45, 7) is 4.82. The summed E-state index contributed by atoms with van der Waals surface area (Å²) in [7, 11) is 0. The zero-order valence-corrected chi connectivity index (χ0v) is 18.5. The summed E-state index contributed by atoms with van der Waals surface area (Å²) in [5, 5.41) is 11.1. The predicted octanol–water partition coefficient (Wildman–Crippen LogP) is 8.01. The highest BCUT2D eigenvalue weighted by Crippen LogP contribution is 2.22. The van der Waals surface area contributed by atoms with E-state index in [4.69, 9.17) is 4.74 Å². The molecule has 0 heterocycles. The maximum absolute atomic E-state index is 5.44. The van der Waals surface area contributed by atoms with Gasteiger partial charge in [0.1, 0.15) is 5.75 Å². The van der Waals surface area contributed by atoms with Gasteiger partial charge in [0.15, 0.2) is 0 Å². The number of azo groups is 1. The molecule has 0 aromatic heterocycles. The van der Waals surface area contributed by atoms with Crippen LogP contribution in [0, 0.1) is 11.8 Å². The lowest BCUT2D eigenvalue weighted by atomic mass is 10.0. The molecule has 0 radical (unpaired) electrons. The number of benzene rings is 4. The van der Waals surface area contributed by atoms with E-state index in [9.17, 15) is 0 Å². The second-order valence-electron chi connectivity index (χ2n) is 7.57. The van der Waals surface area contributed by atoms with Crippen molar-refractivity contribution in [2.45, 2.75) is 26.7 Å². The molecule has 0 spiro atoms. The lowest BCUT2D eigenvalue weighted by Gasteiger charge is -2.03. The monoisotopic (exact) mass is 418 g/mol. The minimum atomic E-state index is 0.650. The van der Waals surface area contributed by atoms with Crippen molar-refractivity contribution in [3.05, 3.63) is 102 Å². The number of aryl methyl sites for hydroxylation is 1. The Morgan fingerprint density at radius 1 is 0.656 bits per heavy atom. The van der Waals surface area contributed by atoms with Gasteiger partial charge in [0, 0.05) is 11.1 Å². The van der Waals surface area contributed by atoms with Crippen LogP contribution in [0.3, 0.4) is 0 Å². The van der Waals surface area contributed by atoms with Crippen LogP contribution >= 0.6 is 0 Å². The minimum absolute atomic E-state index is 0.650. The normalized spacial score (nSPS) is 10.8. The van der Waals surface area contributed by atoms with Gasteiger partial charge in [-0.2, -0.15) is 10.2 Å². The molecule has 32 heavy (non-hydrogen) atoms. The zero-order valence-electron chi connectivity index (χ0n) is 18.5. The molecule has 0 amide bonds. The van der Waals surface area contributed by atoms with Gasteiger partial charge in [0.2, 0.25) is 0 Å². The van der Waals surface area contributed by atoms with Gasteiger partial charge in [-0.05, 0) is 90.3 Å². The van der Waals surface area contributed by atoms with Crippen molar-refractivity contribution in [2.24, 2.45) is 10.2 Å². The summed E-state index contributed by atoms with van der Waals surface area (Å²) >= 11 is 0. The Hall–Kier alpha value is -3.90. The van der Waals surface area contributed by atoms with Crippen molar-refractivity contribution in [1.82, 2.24) is 0 Å². The third-order valence-corrected chi connectivity index (χ3v) is 5.09. The first-order valence-electron chi connectivity index (χ1n) is 11.0. The molecule has 0 bridgehead atoms. The number of ether oxygens (including phenoxy) is 1. The zero-order chi connectivity index (χ0) is 22.2. The van der Waals surface area contributed by atoms with E-state index in [1.165, 1.54) is 16.3 Å². The topological polar surface area (TPSA) is 34.0 Å². The van der Waals surface area contributed by atoms with Crippen LogP contribution in [0.1, 0.15) is 37.0 Å². The molecular formula is C29H26N2O. The molecule has 0 aliphatic heterocycles. The van der Waals surface area contributed by atoms with Crippen LogP contribution in [0.5, 0.6) is 5.75 Å². The van der Waals surface area contributed by atoms with Gasteiger partial charge in [0.05, 0.1) is 18.0 Å². The van der Waals surface area contributed by atoms with Gasteiger partial charge in [-0.3, -0.25) is 0 Å². The molecule has 0 atom stereocenters. The van der Waals surface area contributed by atoms with E-state index < -0.39 is 0 Å². The molecule has 4 rings (SSSR count). The van der Waals surface area contributed by atoms with E-state index >= 15 is 0 Å². The van der Waals surface area contributed by atoms with Crippen LogP contribution in [0.25, 0.3) is 10.8 Å². The van der Waals surface area contributed by atoms with Crippen LogP contribution in [0.4, 0.5) is 11.4 Å². The predicted molar refractivity (Wildman–Crippen MR) is 132 cm³/mol. The molecule has 4 aromatic carbocycles. The highest BCUT2D eigenvalue weighted by atomic mass is 16.5. The van der Waals surface area contributed by atoms with Gasteiger partial charge in [-0.1, -0.05) is 49.5 Å². The van der Waals surface area contributed by atoms with Crippen LogP contribution in [0.2, 0.25) is 0 Å². The fourth-order valence-corrected chi connectivity index (χ4v) is 3.46. The molecule has 0 saturated carbocycles. The molecule has 4 aromatic rings. The van der Waals surface area contributed by atoms with Gasteiger partial charge < -0.3 is 4.74 Å². The van der Waals surface area contributed by atoms with Crippen molar-refractivity contribution in [1.29, 1.82) is 0 Å². The van der Waals surface area contributed by atoms with Crippen molar-refractivity contribution >= 4 is 22.1 Å². The van der Waals surface area contributed by atoms with E-state index in [-0.39, 0.29) is 0 Å². The lowest BCUT2D eigenvalue weighted by molar-refractivity contribution is 0.340. The third-order valence-electron chi connectivity index (χ3n) is 5.09. The number of fused-ring (bicyclic) bond motifs is 1. The van der Waals surface area contributed by atoms with E-state index in [0.29, 0.717) is 6.61 Å². The Morgan fingerprint density at radius 2 is 1.25 bits per heavy atom. The number of rotatable bonds is 6. The van der Waals surface area contributed by atoms with E-state index in [1.54, 1.807) is 0 Å². The van der Waals surface area contributed by atoms with E-state index in [1.807, 2.05) is 55.5 Å². The van der Waals surface area contributed by atoms with Gasteiger partial charge in [-0.15, -0.1) is 0 Å². The van der Waals surface area contributed by atoms with Crippen LogP contribution in [0.15, 0.2) is 95.2 Å². The highest BCUT2D eigenvalue weighted by Gasteiger charge is 1.98. The van der Waals surface area contributed by atoms with E-state index in [2.05, 4.69) is 65.4 Å². The molecule has 0 N–H and O–H groups in total. The summed E-state index contributed by atoms with van der Waals surface area (Å²) in [4.78, 5) is 0. The van der Waals surface area contributed by atoms with Gasteiger partial charge in [0.25, 0.3) is 0 Å². The van der Waals surface area contributed by atoms with Crippen molar-refractivity contribution in [3.63, 3.8) is 0 Å². The average Bonchev–Trinajstić information content (AvgIpc) is 2.83. The van der Waals surface area contributed by atoms with Crippen LogP contribution < -0.4 is 4.74 Å². The highest BCUT2D eigenvalue weighted by molar-refractivity contribution is 5.84. The second-order valence-corrected chi connectivity index (χ2v) is 7.57. The first-order valence-corrected chi connectivity index (χ1v) is 11.0. The average molecular weight is 419 g/mol. The van der Waals surface area contributed by atoms with Crippen molar-refractivity contribution in [2.75, 3.05) is 6.61 Å². The van der Waals surface area contributed by atoms with Crippen LogP contribution in [-0.4, -0.2) is 6.61 Å². The molecule has 3 nitrogen and oxygen atoms in total. The van der Waals surface area contributed by atoms with E-state index in [0.717, 1.165) is 41.1 Å². The maximum atomic E-state index is 5.44. The fourth-order valence-electron chi connectivity index (χ4n) is 3.46. The summed E-state index contributed by atoms with van der Waals surface area (Å²) < 4.78 is 5.44. The quantitative estimate of drug-likeness (QED) is 0.231. The molecule has 0 unspecified atom stereocenters. The number of nitrogens with zero attached hydrogens (tertiary/aromatic N) is 2. The SMILES string of the molecule is CCCc1ccc2cc(C#Cc3ccc(N=Nc4ccc(OCC)cc4)cc3)ccc2c1.